The summed E-state index contributed by atoms with van der Waals surface area (Å²) in [5.41, 5.74) is 0.973. The van der Waals surface area contributed by atoms with E-state index < -0.39 is 10.0 Å². The van der Waals surface area contributed by atoms with Gasteiger partial charge in [0.05, 0.1) is 11.0 Å². The van der Waals surface area contributed by atoms with Crippen molar-refractivity contribution in [3.05, 3.63) is 18.0 Å². The van der Waals surface area contributed by atoms with Crippen LogP contribution in [-0.4, -0.2) is 38.8 Å². The number of nitrogens with zero attached hydrogens (tertiary/aromatic N) is 1. The van der Waals surface area contributed by atoms with E-state index >= 15 is 0 Å². The molecule has 1 aliphatic heterocycles. The zero-order valence-corrected chi connectivity index (χ0v) is 13.7. The molecule has 0 aromatic carbocycles. The van der Waals surface area contributed by atoms with Gasteiger partial charge in [-0.15, -0.1) is 0 Å². The largest absolute Gasteiger partial charge is 0.378 e. The Bertz CT molecular complexity index is 568. The molecule has 2 heterocycles. The normalized spacial score (nSPS) is 23.4. The number of hydrogen-bond acceptors (Lipinski definition) is 4. The number of aromatic nitrogens is 1. The van der Waals surface area contributed by atoms with Crippen molar-refractivity contribution in [2.45, 2.75) is 56.8 Å². The molecule has 1 fully saturated rings. The van der Waals surface area contributed by atoms with Gasteiger partial charge in [0.15, 0.2) is 0 Å². The average Bonchev–Trinajstić information content (AvgIpc) is 2.83. The molecule has 0 saturated carbocycles. The first-order valence-electron chi connectivity index (χ1n) is 7.44. The van der Waals surface area contributed by atoms with Gasteiger partial charge in [-0.05, 0) is 39.8 Å². The number of aryl methyl sites for hydroxylation is 1. The van der Waals surface area contributed by atoms with Crippen LogP contribution in [0.5, 0.6) is 0 Å². The SMILES string of the molecule is CCn1cc(S(=O)(=O)NC2CCOC(C)C2)cc1CNC. The average molecular weight is 315 g/mol. The molecule has 1 aromatic rings. The topological polar surface area (TPSA) is 72.4 Å². The quantitative estimate of drug-likeness (QED) is 0.824. The molecule has 2 N–H and O–H groups in total. The fourth-order valence-corrected chi connectivity index (χ4v) is 4.03. The molecule has 2 rings (SSSR count). The fourth-order valence-electron chi connectivity index (χ4n) is 2.69. The van der Waals surface area contributed by atoms with Gasteiger partial charge in [-0.2, -0.15) is 0 Å². The van der Waals surface area contributed by atoms with Gasteiger partial charge in [0.1, 0.15) is 0 Å². The first-order chi connectivity index (χ1) is 9.96. The molecule has 6 nitrogen and oxygen atoms in total. The van der Waals surface area contributed by atoms with E-state index in [-0.39, 0.29) is 12.1 Å². The smallest absolute Gasteiger partial charge is 0.242 e. The molecule has 1 aromatic heterocycles. The van der Waals surface area contributed by atoms with Crippen molar-refractivity contribution < 1.29 is 13.2 Å². The maximum Gasteiger partial charge on any atom is 0.242 e. The Labute approximate surface area is 126 Å². The molecule has 0 radical (unpaired) electrons. The van der Waals surface area contributed by atoms with Crippen LogP contribution in [0.2, 0.25) is 0 Å². The second kappa shape index (κ2) is 6.91. The molecule has 0 aliphatic carbocycles. The number of hydrogen-bond donors (Lipinski definition) is 2. The lowest BCUT2D eigenvalue weighted by atomic mass is 10.1. The predicted octanol–water partition coefficient (Wildman–Crippen LogP) is 1.07. The van der Waals surface area contributed by atoms with E-state index in [4.69, 9.17) is 4.74 Å². The van der Waals surface area contributed by atoms with E-state index in [2.05, 4.69) is 10.0 Å². The third kappa shape index (κ3) is 4.06. The molecule has 0 bridgehead atoms. The Morgan fingerprint density at radius 3 is 2.86 bits per heavy atom. The van der Waals surface area contributed by atoms with E-state index in [1.807, 2.05) is 25.5 Å². The van der Waals surface area contributed by atoms with Gasteiger partial charge in [0, 0.05) is 37.6 Å². The third-order valence-corrected chi connectivity index (χ3v) is 5.26. The van der Waals surface area contributed by atoms with Crippen LogP contribution in [0.1, 0.15) is 32.4 Å². The number of nitrogens with one attached hydrogen (secondary N) is 2. The summed E-state index contributed by atoms with van der Waals surface area (Å²) in [6.45, 7) is 5.98. The van der Waals surface area contributed by atoms with Gasteiger partial charge in [0.25, 0.3) is 0 Å². The van der Waals surface area contributed by atoms with Crippen molar-refractivity contribution in [3.8, 4) is 0 Å². The van der Waals surface area contributed by atoms with Crippen molar-refractivity contribution in [1.82, 2.24) is 14.6 Å². The van der Waals surface area contributed by atoms with Gasteiger partial charge >= 0.3 is 0 Å². The van der Waals surface area contributed by atoms with Gasteiger partial charge in [0.2, 0.25) is 10.0 Å². The van der Waals surface area contributed by atoms with Crippen LogP contribution >= 0.6 is 0 Å². The van der Waals surface area contributed by atoms with E-state index in [1.54, 1.807) is 12.3 Å². The minimum absolute atomic E-state index is 0.0449. The lowest BCUT2D eigenvalue weighted by molar-refractivity contribution is 0.0173. The Kier molecular flexibility index (Phi) is 5.43. The highest BCUT2D eigenvalue weighted by Gasteiger charge is 2.26. The molecular formula is C14H25N3O3S. The highest BCUT2D eigenvalue weighted by atomic mass is 32.2. The molecule has 7 heteroatoms. The molecular weight excluding hydrogens is 290 g/mol. The highest BCUT2D eigenvalue weighted by molar-refractivity contribution is 7.89. The van der Waals surface area contributed by atoms with Crippen molar-refractivity contribution in [3.63, 3.8) is 0 Å². The third-order valence-electron chi connectivity index (χ3n) is 3.78. The summed E-state index contributed by atoms with van der Waals surface area (Å²) in [5, 5.41) is 3.06. The van der Waals surface area contributed by atoms with Crippen molar-refractivity contribution in [2.24, 2.45) is 0 Å². The van der Waals surface area contributed by atoms with Crippen molar-refractivity contribution in [1.29, 1.82) is 0 Å². The number of rotatable bonds is 6. The maximum atomic E-state index is 12.5. The van der Waals surface area contributed by atoms with Gasteiger partial charge < -0.3 is 14.6 Å². The molecule has 2 unspecified atom stereocenters. The molecule has 1 saturated heterocycles. The maximum absolute atomic E-state index is 12.5. The second-order valence-electron chi connectivity index (χ2n) is 5.51. The first-order valence-corrected chi connectivity index (χ1v) is 8.92. The van der Waals surface area contributed by atoms with E-state index in [1.165, 1.54) is 0 Å². The summed E-state index contributed by atoms with van der Waals surface area (Å²) in [6.07, 6.45) is 3.25. The summed E-state index contributed by atoms with van der Waals surface area (Å²) in [6, 6.07) is 1.70. The molecule has 0 spiro atoms. The molecule has 1 aliphatic rings. The van der Waals surface area contributed by atoms with Crippen LogP contribution < -0.4 is 10.0 Å². The van der Waals surface area contributed by atoms with Crippen LogP contribution in [-0.2, 0) is 27.8 Å². The zero-order valence-electron chi connectivity index (χ0n) is 12.9. The summed E-state index contributed by atoms with van der Waals surface area (Å²) in [5.74, 6) is 0. The Hall–Kier alpha value is -0.890. The highest BCUT2D eigenvalue weighted by Crippen LogP contribution is 2.19. The minimum atomic E-state index is -3.47. The Morgan fingerprint density at radius 1 is 1.48 bits per heavy atom. The van der Waals surface area contributed by atoms with Crippen LogP contribution in [0.15, 0.2) is 17.2 Å². The van der Waals surface area contributed by atoms with Crippen molar-refractivity contribution in [2.75, 3.05) is 13.7 Å². The van der Waals surface area contributed by atoms with Crippen LogP contribution in [0.4, 0.5) is 0 Å². The minimum Gasteiger partial charge on any atom is -0.378 e. The van der Waals surface area contributed by atoms with Gasteiger partial charge in [-0.3, -0.25) is 0 Å². The summed E-state index contributed by atoms with van der Waals surface area (Å²) >= 11 is 0. The Balaban J connectivity index is 2.15. The van der Waals surface area contributed by atoms with Crippen molar-refractivity contribution >= 4 is 10.0 Å². The zero-order chi connectivity index (χ0) is 15.5. The van der Waals surface area contributed by atoms with E-state index in [0.717, 1.165) is 25.1 Å². The van der Waals surface area contributed by atoms with Gasteiger partial charge in [-0.1, -0.05) is 0 Å². The standard InChI is InChI=1S/C14H25N3O3S/c1-4-17-10-14(8-13(17)9-15-3)21(18,19)16-12-5-6-20-11(2)7-12/h8,10-12,15-16H,4-7,9H2,1-3H3. The number of sulfonamides is 1. The van der Waals surface area contributed by atoms with E-state index in [9.17, 15) is 8.42 Å². The molecule has 2 atom stereocenters. The number of ether oxygens (including phenoxy) is 1. The van der Waals surface area contributed by atoms with Crippen LogP contribution in [0.3, 0.4) is 0 Å². The fraction of sp³-hybridized carbons (Fsp3) is 0.714. The van der Waals surface area contributed by atoms with Crippen LogP contribution in [0, 0.1) is 0 Å². The molecule has 120 valence electrons. The lowest BCUT2D eigenvalue weighted by Gasteiger charge is -2.27. The molecule has 0 amide bonds. The summed E-state index contributed by atoms with van der Waals surface area (Å²) in [4.78, 5) is 0.341. The monoisotopic (exact) mass is 315 g/mol. The molecule has 21 heavy (non-hydrogen) atoms. The summed E-state index contributed by atoms with van der Waals surface area (Å²) in [7, 11) is -1.62. The van der Waals surface area contributed by atoms with E-state index in [0.29, 0.717) is 18.0 Å². The van der Waals surface area contributed by atoms with Gasteiger partial charge in [-0.25, -0.2) is 13.1 Å². The van der Waals surface area contributed by atoms with Crippen LogP contribution in [0.25, 0.3) is 0 Å². The first kappa shape index (κ1) is 16.5. The second-order valence-corrected chi connectivity index (χ2v) is 7.22. The summed E-state index contributed by atoms with van der Waals surface area (Å²) < 4.78 is 35.2. The predicted molar refractivity (Wildman–Crippen MR) is 81.6 cm³/mol. The Morgan fingerprint density at radius 2 is 2.24 bits per heavy atom. The lowest BCUT2D eigenvalue weighted by Crippen LogP contribution is -2.41.